The van der Waals surface area contributed by atoms with Gasteiger partial charge in [0, 0.05) is 19.3 Å². The van der Waals surface area contributed by atoms with E-state index in [9.17, 15) is 14.4 Å². The van der Waals surface area contributed by atoms with Crippen molar-refractivity contribution in [1.82, 2.24) is 0 Å². The number of esters is 3. The molecule has 0 aliphatic carbocycles. The fraction of sp³-hybridized carbons (Fsp3) is 0.849. The van der Waals surface area contributed by atoms with Crippen molar-refractivity contribution < 1.29 is 28.6 Å². The Bertz CT molecular complexity index is 1360. The first-order chi connectivity index (χ1) is 39.0. The molecular weight excluding hydrogens is 973 g/mol. The van der Waals surface area contributed by atoms with Gasteiger partial charge in [-0.1, -0.05) is 313 Å². The molecule has 79 heavy (non-hydrogen) atoms. The Hall–Kier alpha value is -2.63. The predicted octanol–water partition coefficient (Wildman–Crippen LogP) is 24.1. The topological polar surface area (TPSA) is 78.9 Å². The summed E-state index contributed by atoms with van der Waals surface area (Å²) in [6, 6.07) is 0. The number of hydrogen-bond acceptors (Lipinski definition) is 6. The highest BCUT2D eigenvalue weighted by molar-refractivity contribution is 5.71. The Morgan fingerprint density at radius 1 is 0.253 bits per heavy atom. The van der Waals surface area contributed by atoms with E-state index in [1.807, 2.05) is 0 Å². The van der Waals surface area contributed by atoms with Crippen LogP contribution < -0.4 is 0 Å². The Morgan fingerprint density at radius 2 is 0.481 bits per heavy atom. The maximum absolute atomic E-state index is 12.9. The number of hydrogen-bond donors (Lipinski definition) is 0. The number of rotatable bonds is 65. The molecule has 1 atom stereocenters. The first-order valence-corrected chi connectivity index (χ1v) is 35.1. The van der Waals surface area contributed by atoms with E-state index < -0.39 is 6.10 Å². The monoisotopic (exact) mass is 1110 g/mol. The van der Waals surface area contributed by atoms with E-state index in [0.29, 0.717) is 19.3 Å². The van der Waals surface area contributed by atoms with Crippen molar-refractivity contribution >= 4 is 17.9 Å². The molecule has 0 aromatic rings. The first kappa shape index (κ1) is 76.4. The zero-order chi connectivity index (χ0) is 57.1. The second-order valence-electron chi connectivity index (χ2n) is 23.8. The van der Waals surface area contributed by atoms with Crippen LogP contribution in [0.5, 0.6) is 0 Å². The zero-order valence-electron chi connectivity index (χ0n) is 53.2. The largest absolute Gasteiger partial charge is 0.462 e. The van der Waals surface area contributed by atoms with Crippen LogP contribution in [0.25, 0.3) is 0 Å². The van der Waals surface area contributed by atoms with Crippen molar-refractivity contribution in [3.63, 3.8) is 0 Å². The summed E-state index contributed by atoms with van der Waals surface area (Å²) in [6.45, 7) is 6.62. The summed E-state index contributed by atoms with van der Waals surface area (Å²) in [5, 5.41) is 0. The Balaban J connectivity index is 4.19. The van der Waals surface area contributed by atoms with Gasteiger partial charge in [0.05, 0.1) is 0 Å². The van der Waals surface area contributed by atoms with E-state index in [0.717, 1.165) is 83.5 Å². The summed E-state index contributed by atoms with van der Waals surface area (Å²) in [6.07, 6.45) is 85.8. The highest BCUT2D eigenvalue weighted by Crippen LogP contribution is 2.18. The molecule has 0 bridgehead atoms. The first-order valence-electron chi connectivity index (χ1n) is 35.1. The summed E-state index contributed by atoms with van der Waals surface area (Å²) in [7, 11) is 0. The third-order valence-electron chi connectivity index (χ3n) is 15.8. The lowest BCUT2D eigenvalue weighted by Crippen LogP contribution is -2.30. The van der Waals surface area contributed by atoms with Gasteiger partial charge in [-0.25, -0.2) is 0 Å². The fourth-order valence-corrected chi connectivity index (χ4v) is 10.5. The van der Waals surface area contributed by atoms with Gasteiger partial charge in [-0.3, -0.25) is 14.4 Å². The third kappa shape index (κ3) is 66.1. The average Bonchev–Trinajstić information content (AvgIpc) is 3.45. The minimum Gasteiger partial charge on any atom is -0.462 e. The summed E-state index contributed by atoms with van der Waals surface area (Å²) in [5.41, 5.74) is 0. The van der Waals surface area contributed by atoms with Crippen LogP contribution in [0, 0.1) is 0 Å². The van der Waals surface area contributed by atoms with Crippen LogP contribution in [0.3, 0.4) is 0 Å². The lowest BCUT2D eigenvalue weighted by molar-refractivity contribution is -0.167. The van der Waals surface area contributed by atoms with Crippen molar-refractivity contribution in [3.8, 4) is 0 Å². The molecule has 1 unspecified atom stereocenters. The summed E-state index contributed by atoms with van der Waals surface area (Å²) in [5.74, 6) is -0.869. The number of carbonyl (C=O) groups excluding carboxylic acids is 3. The highest BCUT2D eigenvalue weighted by atomic mass is 16.6. The normalized spacial score (nSPS) is 12.3. The average molecular weight is 1110 g/mol. The zero-order valence-corrected chi connectivity index (χ0v) is 53.2. The number of unbranched alkanes of at least 4 members (excludes halogenated alkanes) is 46. The van der Waals surface area contributed by atoms with Gasteiger partial charge >= 0.3 is 17.9 Å². The third-order valence-corrected chi connectivity index (χ3v) is 15.8. The smallest absolute Gasteiger partial charge is 0.306 e. The van der Waals surface area contributed by atoms with Crippen LogP contribution in [0.1, 0.15) is 380 Å². The van der Waals surface area contributed by atoms with E-state index in [1.165, 1.54) is 257 Å². The summed E-state index contributed by atoms with van der Waals surface area (Å²) >= 11 is 0. The molecule has 0 saturated carbocycles. The van der Waals surface area contributed by atoms with Gasteiger partial charge in [-0.2, -0.15) is 0 Å². The Kier molecular flexibility index (Phi) is 65.6. The molecule has 0 aliphatic rings. The molecule has 6 nitrogen and oxygen atoms in total. The standard InChI is InChI=1S/C73H134O6/c1-4-7-10-13-16-19-22-25-27-29-31-32-33-34-35-36-37-38-39-40-42-43-45-48-51-54-57-60-63-66-72(75)78-69-70(68-77-71(74)65-62-59-56-53-50-47-24-21-18-15-12-9-6-3)79-73(76)67-64-61-58-55-52-49-46-44-41-30-28-26-23-20-17-14-11-8-5-2/h12,15,21,24,26,28-29,31,70H,4-11,13-14,16-20,22-23,25,27,30,32-69H2,1-3H3/b15-12-,24-21-,28-26-,31-29-. The van der Waals surface area contributed by atoms with E-state index in [2.05, 4.69) is 69.4 Å². The molecule has 0 saturated heterocycles. The van der Waals surface area contributed by atoms with E-state index in [4.69, 9.17) is 14.2 Å². The van der Waals surface area contributed by atoms with Gasteiger partial charge < -0.3 is 14.2 Å². The van der Waals surface area contributed by atoms with Crippen molar-refractivity contribution in [3.05, 3.63) is 48.6 Å². The van der Waals surface area contributed by atoms with Crippen LogP contribution in [-0.4, -0.2) is 37.2 Å². The van der Waals surface area contributed by atoms with Gasteiger partial charge in [0.25, 0.3) is 0 Å². The molecule has 0 radical (unpaired) electrons. The molecule has 0 spiro atoms. The van der Waals surface area contributed by atoms with Gasteiger partial charge in [-0.15, -0.1) is 0 Å². The lowest BCUT2D eigenvalue weighted by atomic mass is 10.0. The molecule has 0 aromatic carbocycles. The minimum absolute atomic E-state index is 0.0749. The van der Waals surface area contributed by atoms with Gasteiger partial charge in [-0.05, 0) is 96.3 Å². The summed E-state index contributed by atoms with van der Waals surface area (Å²) < 4.78 is 17.0. The molecule has 6 heteroatoms. The van der Waals surface area contributed by atoms with E-state index >= 15 is 0 Å². The molecule has 0 N–H and O–H groups in total. The SMILES string of the molecule is CCC/C=C\C/C=C\CCCCCCCC(=O)OCC(COC(=O)CCCCCCCCCCCCCCCCCCC/C=C\CCCCCCCCCC)OC(=O)CCCCCCCCCCC/C=C\CCCCCCCC. The Morgan fingerprint density at radius 3 is 0.759 bits per heavy atom. The van der Waals surface area contributed by atoms with Crippen LogP contribution in [0.2, 0.25) is 0 Å². The summed E-state index contributed by atoms with van der Waals surface area (Å²) in [4.78, 5) is 38.4. The maximum Gasteiger partial charge on any atom is 0.306 e. The molecule has 462 valence electrons. The molecule has 0 amide bonds. The second kappa shape index (κ2) is 67.9. The molecule has 0 aliphatic heterocycles. The van der Waals surface area contributed by atoms with Crippen LogP contribution in [0.4, 0.5) is 0 Å². The molecular formula is C73H134O6. The predicted molar refractivity (Wildman–Crippen MR) is 344 cm³/mol. The van der Waals surface area contributed by atoms with Crippen molar-refractivity contribution in [1.29, 1.82) is 0 Å². The molecule has 0 fully saturated rings. The van der Waals surface area contributed by atoms with Crippen molar-refractivity contribution in [2.24, 2.45) is 0 Å². The van der Waals surface area contributed by atoms with E-state index in [1.54, 1.807) is 0 Å². The molecule has 0 heterocycles. The van der Waals surface area contributed by atoms with Gasteiger partial charge in [0.15, 0.2) is 6.10 Å². The van der Waals surface area contributed by atoms with Crippen LogP contribution in [0.15, 0.2) is 48.6 Å². The number of ether oxygens (including phenoxy) is 3. The van der Waals surface area contributed by atoms with Gasteiger partial charge in [0.1, 0.15) is 13.2 Å². The van der Waals surface area contributed by atoms with Crippen LogP contribution in [-0.2, 0) is 28.6 Å². The minimum atomic E-state index is -0.779. The van der Waals surface area contributed by atoms with Crippen molar-refractivity contribution in [2.45, 2.75) is 386 Å². The fourth-order valence-electron chi connectivity index (χ4n) is 10.5. The molecule has 0 aromatic heterocycles. The number of carbonyl (C=O) groups is 3. The Labute approximate surface area is 492 Å². The highest BCUT2D eigenvalue weighted by Gasteiger charge is 2.19. The van der Waals surface area contributed by atoms with Crippen LogP contribution >= 0.6 is 0 Å². The van der Waals surface area contributed by atoms with Crippen molar-refractivity contribution in [2.75, 3.05) is 13.2 Å². The lowest BCUT2D eigenvalue weighted by Gasteiger charge is -2.18. The quantitative estimate of drug-likeness (QED) is 0.0261. The maximum atomic E-state index is 12.9. The molecule has 0 rings (SSSR count). The van der Waals surface area contributed by atoms with E-state index in [-0.39, 0.29) is 31.1 Å². The van der Waals surface area contributed by atoms with Gasteiger partial charge in [0.2, 0.25) is 0 Å². The number of allylic oxidation sites excluding steroid dienone is 8. The second-order valence-corrected chi connectivity index (χ2v) is 23.8.